The molecule has 0 bridgehead atoms. The summed E-state index contributed by atoms with van der Waals surface area (Å²) in [4.78, 5) is 6.32. The number of halogens is 3. The molecule has 32 heavy (non-hydrogen) atoms. The predicted octanol–water partition coefficient (Wildman–Crippen LogP) is 4.32. The average molecular weight is 446 g/mol. The molecule has 5 nitrogen and oxygen atoms in total. The number of hydrogen-bond donors (Lipinski definition) is 2. The molecule has 0 spiro atoms. The first-order valence-corrected chi connectivity index (χ1v) is 10.5. The fourth-order valence-electron chi connectivity index (χ4n) is 4.01. The standard InChI is InChI=1S/C24H25F3N2O3/c25-24(26,27)18-5-7-20(8-6-18)32-14-9-22(30)29-12-10-23(31,11-13-29)19-15-17-3-1-2-4-21(17)28-16-19/h1-8,15-16,22,30-31H,9-14H2/t22-/m0/s1. The van der Waals surface area contributed by atoms with Crippen molar-refractivity contribution in [1.82, 2.24) is 9.88 Å². The number of ether oxygens (including phenoxy) is 1. The molecule has 8 heteroatoms. The van der Waals surface area contributed by atoms with Crippen molar-refractivity contribution in [1.29, 1.82) is 0 Å². The van der Waals surface area contributed by atoms with Crippen LogP contribution in [-0.4, -0.2) is 46.0 Å². The van der Waals surface area contributed by atoms with Crippen LogP contribution in [0.1, 0.15) is 30.4 Å². The van der Waals surface area contributed by atoms with Gasteiger partial charge in [-0.05, 0) is 49.2 Å². The van der Waals surface area contributed by atoms with E-state index in [1.807, 2.05) is 35.2 Å². The SMILES string of the molecule is O[C@@H](CCOc1ccc(C(F)(F)F)cc1)N1CCC(O)(c2cnc3ccccc3c2)CC1. The van der Waals surface area contributed by atoms with Crippen LogP contribution in [-0.2, 0) is 11.8 Å². The van der Waals surface area contributed by atoms with Crippen molar-refractivity contribution < 1.29 is 28.1 Å². The summed E-state index contributed by atoms with van der Waals surface area (Å²) in [5.41, 5.74) is -0.0757. The van der Waals surface area contributed by atoms with Crippen LogP contribution < -0.4 is 4.74 Å². The molecule has 2 heterocycles. The lowest BCUT2D eigenvalue weighted by molar-refractivity contribution is -0.137. The summed E-state index contributed by atoms with van der Waals surface area (Å²) >= 11 is 0. The van der Waals surface area contributed by atoms with E-state index < -0.39 is 23.6 Å². The number of para-hydroxylation sites is 1. The van der Waals surface area contributed by atoms with Gasteiger partial charge in [0.15, 0.2) is 0 Å². The summed E-state index contributed by atoms with van der Waals surface area (Å²) in [7, 11) is 0. The Morgan fingerprint density at radius 3 is 2.44 bits per heavy atom. The zero-order valence-electron chi connectivity index (χ0n) is 17.4. The Balaban J connectivity index is 1.28. The first kappa shape index (κ1) is 22.5. The molecule has 1 atom stereocenters. The van der Waals surface area contributed by atoms with Crippen LogP contribution in [0.25, 0.3) is 10.9 Å². The van der Waals surface area contributed by atoms with Crippen LogP contribution in [0.2, 0.25) is 0 Å². The number of piperidine rings is 1. The quantitative estimate of drug-likeness (QED) is 0.590. The summed E-state index contributed by atoms with van der Waals surface area (Å²) in [5.74, 6) is 0.321. The number of aliphatic hydroxyl groups is 2. The van der Waals surface area contributed by atoms with Gasteiger partial charge in [0.2, 0.25) is 0 Å². The third kappa shape index (κ3) is 5.03. The van der Waals surface area contributed by atoms with Crippen molar-refractivity contribution in [3.63, 3.8) is 0 Å². The average Bonchev–Trinajstić information content (AvgIpc) is 2.79. The maximum absolute atomic E-state index is 12.6. The lowest BCUT2D eigenvalue weighted by atomic mass is 9.84. The number of rotatable bonds is 6. The molecule has 2 aromatic carbocycles. The Morgan fingerprint density at radius 2 is 1.75 bits per heavy atom. The first-order valence-electron chi connectivity index (χ1n) is 10.5. The van der Waals surface area contributed by atoms with E-state index in [9.17, 15) is 23.4 Å². The van der Waals surface area contributed by atoms with Crippen LogP contribution in [0.5, 0.6) is 5.75 Å². The molecule has 1 saturated heterocycles. The zero-order valence-corrected chi connectivity index (χ0v) is 17.4. The van der Waals surface area contributed by atoms with Gasteiger partial charge in [0.05, 0.1) is 23.3 Å². The summed E-state index contributed by atoms with van der Waals surface area (Å²) < 4.78 is 43.3. The van der Waals surface area contributed by atoms with Gasteiger partial charge in [0.1, 0.15) is 12.0 Å². The molecule has 4 rings (SSSR count). The molecular formula is C24H25F3N2O3. The second-order valence-electron chi connectivity index (χ2n) is 8.12. The largest absolute Gasteiger partial charge is 0.493 e. The molecule has 0 amide bonds. The molecule has 2 N–H and O–H groups in total. The second-order valence-corrected chi connectivity index (χ2v) is 8.12. The predicted molar refractivity (Wildman–Crippen MR) is 114 cm³/mol. The first-order chi connectivity index (χ1) is 15.2. The summed E-state index contributed by atoms with van der Waals surface area (Å²) in [6.07, 6.45) is -2.20. The molecule has 0 aliphatic carbocycles. The van der Waals surface area contributed by atoms with Crippen LogP contribution in [0.15, 0.2) is 60.8 Å². The van der Waals surface area contributed by atoms with E-state index >= 15 is 0 Å². The van der Waals surface area contributed by atoms with Crippen molar-refractivity contribution in [3.05, 3.63) is 71.9 Å². The Bertz CT molecular complexity index is 1050. The third-order valence-electron chi connectivity index (χ3n) is 6.00. The summed E-state index contributed by atoms with van der Waals surface area (Å²) in [5, 5.41) is 22.6. The molecule has 0 saturated carbocycles. The number of alkyl halides is 3. The van der Waals surface area contributed by atoms with Gasteiger partial charge in [-0.1, -0.05) is 18.2 Å². The maximum Gasteiger partial charge on any atom is 0.416 e. The van der Waals surface area contributed by atoms with Crippen LogP contribution in [0, 0.1) is 0 Å². The molecule has 0 unspecified atom stereocenters. The van der Waals surface area contributed by atoms with Gasteiger partial charge >= 0.3 is 6.18 Å². The van der Waals surface area contributed by atoms with Gasteiger partial charge in [-0.2, -0.15) is 13.2 Å². The van der Waals surface area contributed by atoms with Crippen LogP contribution in [0.4, 0.5) is 13.2 Å². The minimum atomic E-state index is -4.38. The smallest absolute Gasteiger partial charge is 0.416 e. The Labute approximate surface area is 184 Å². The highest BCUT2D eigenvalue weighted by Crippen LogP contribution is 2.34. The van der Waals surface area contributed by atoms with Crippen LogP contribution >= 0.6 is 0 Å². The lowest BCUT2D eigenvalue weighted by Gasteiger charge is -2.40. The van der Waals surface area contributed by atoms with Crippen molar-refractivity contribution in [2.24, 2.45) is 0 Å². The zero-order chi connectivity index (χ0) is 22.8. The molecule has 170 valence electrons. The van der Waals surface area contributed by atoms with Gasteiger partial charge in [0, 0.05) is 36.7 Å². The van der Waals surface area contributed by atoms with E-state index in [0.717, 1.165) is 28.6 Å². The Morgan fingerprint density at radius 1 is 1.06 bits per heavy atom. The number of pyridine rings is 1. The topological polar surface area (TPSA) is 65.8 Å². The number of likely N-dealkylation sites (tertiary alicyclic amines) is 1. The summed E-state index contributed by atoms with van der Waals surface area (Å²) in [6.45, 7) is 1.18. The number of hydrogen-bond acceptors (Lipinski definition) is 5. The Hall–Kier alpha value is -2.68. The minimum Gasteiger partial charge on any atom is -0.493 e. The highest BCUT2D eigenvalue weighted by Gasteiger charge is 2.36. The third-order valence-corrected chi connectivity index (χ3v) is 6.00. The van der Waals surface area contributed by atoms with Crippen molar-refractivity contribution >= 4 is 10.9 Å². The fraction of sp³-hybridized carbons (Fsp3) is 0.375. The summed E-state index contributed by atoms with van der Waals surface area (Å²) in [6, 6.07) is 14.2. The van der Waals surface area contributed by atoms with E-state index in [4.69, 9.17) is 4.74 Å². The second kappa shape index (κ2) is 9.05. The van der Waals surface area contributed by atoms with Gasteiger partial charge in [-0.3, -0.25) is 9.88 Å². The van der Waals surface area contributed by atoms with E-state index in [0.29, 0.717) is 38.1 Å². The van der Waals surface area contributed by atoms with Crippen molar-refractivity contribution in [2.75, 3.05) is 19.7 Å². The van der Waals surface area contributed by atoms with Gasteiger partial charge in [0.25, 0.3) is 0 Å². The van der Waals surface area contributed by atoms with Crippen molar-refractivity contribution in [2.45, 2.75) is 37.3 Å². The highest BCUT2D eigenvalue weighted by molar-refractivity contribution is 5.78. The minimum absolute atomic E-state index is 0.169. The lowest BCUT2D eigenvalue weighted by Crippen LogP contribution is -2.47. The molecule has 1 aliphatic heterocycles. The normalized spacial score (nSPS) is 17.9. The molecule has 3 aromatic rings. The van der Waals surface area contributed by atoms with E-state index in [2.05, 4.69) is 4.98 Å². The number of aromatic nitrogens is 1. The molecular weight excluding hydrogens is 421 g/mol. The monoisotopic (exact) mass is 446 g/mol. The number of benzene rings is 2. The number of aliphatic hydroxyl groups excluding tert-OH is 1. The van der Waals surface area contributed by atoms with Gasteiger partial charge in [-0.25, -0.2) is 0 Å². The Kier molecular flexibility index (Phi) is 6.37. The van der Waals surface area contributed by atoms with E-state index in [-0.39, 0.29) is 6.61 Å². The van der Waals surface area contributed by atoms with E-state index in [1.54, 1.807) is 6.20 Å². The number of fused-ring (bicyclic) bond motifs is 1. The molecule has 0 radical (unpaired) electrons. The highest BCUT2D eigenvalue weighted by atomic mass is 19.4. The molecule has 1 fully saturated rings. The van der Waals surface area contributed by atoms with E-state index in [1.165, 1.54) is 12.1 Å². The van der Waals surface area contributed by atoms with Gasteiger partial charge < -0.3 is 14.9 Å². The molecule has 1 aliphatic rings. The number of nitrogens with zero attached hydrogens (tertiary/aromatic N) is 2. The van der Waals surface area contributed by atoms with Crippen LogP contribution in [0.3, 0.4) is 0 Å². The maximum atomic E-state index is 12.6. The fourth-order valence-corrected chi connectivity index (χ4v) is 4.01. The van der Waals surface area contributed by atoms with Gasteiger partial charge in [-0.15, -0.1) is 0 Å². The molecule has 1 aromatic heterocycles. The van der Waals surface area contributed by atoms with Crippen molar-refractivity contribution in [3.8, 4) is 5.75 Å².